The molecule has 0 atom stereocenters. The number of ether oxygens (including phenoxy) is 1. The van der Waals surface area contributed by atoms with E-state index >= 15 is 0 Å². The van der Waals surface area contributed by atoms with Gasteiger partial charge >= 0.3 is 6.09 Å². The number of hydrogen-bond donors (Lipinski definition) is 2. The molecule has 1 amide bonds. The van der Waals surface area contributed by atoms with Crippen molar-refractivity contribution in [1.29, 1.82) is 0 Å². The largest absolute Gasteiger partial charge is 0.444 e. The maximum Gasteiger partial charge on any atom is 0.412 e. The molecule has 1 aromatic carbocycles. The van der Waals surface area contributed by atoms with Crippen LogP contribution in [0.3, 0.4) is 0 Å². The minimum Gasteiger partial charge on any atom is -0.444 e. The lowest BCUT2D eigenvalue weighted by Crippen LogP contribution is -2.28. The predicted molar refractivity (Wildman–Crippen MR) is 91.5 cm³/mol. The van der Waals surface area contributed by atoms with E-state index in [4.69, 9.17) is 16.3 Å². The zero-order valence-corrected chi connectivity index (χ0v) is 15.1. The van der Waals surface area contributed by atoms with Gasteiger partial charge in [-0.1, -0.05) is 11.6 Å². The van der Waals surface area contributed by atoms with Crippen molar-refractivity contribution in [3.63, 3.8) is 0 Å². The van der Waals surface area contributed by atoms with Gasteiger partial charge in [-0.05, 0) is 58.7 Å². The van der Waals surface area contributed by atoms with Crippen LogP contribution in [-0.4, -0.2) is 24.9 Å². The Hall–Kier alpha value is -1.47. The third kappa shape index (κ3) is 4.51. The predicted octanol–water partition coefficient (Wildman–Crippen LogP) is 3.98. The fourth-order valence-electron chi connectivity index (χ4n) is 1.82. The molecule has 8 heteroatoms. The van der Waals surface area contributed by atoms with Gasteiger partial charge in [0.1, 0.15) is 5.60 Å². The van der Waals surface area contributed by atoms with Crippen molar-refractivity contribution in [1.82, 2.24) is 0 Å². The van der Waals surface area contributed by atoms with Crippen LogP contribution in [0.1, 0.15) is 40.5 Å². The third-order valence-corrected chi connectivity index (χ3v) is 5.98. The second-order valence-electron chi connectivity index (χ2n) is 6.88. The van der Waals surface area contributed by atoms with Crippen LogP contribution in [0.15, 0.2) is 18.2 Å². The fraction of sp³-hybridized carbons (Fsp3) is 0.533. The highest BCUT2D eigenvalue weighted by Crippen LogP contribution is 2.44. The fourth-order valence-corrected chi connectivity index (χ4v) is 3.38. The molecule has 1 fully saturated rings. The average Bonchev–Trinajstić information content (AvgIpc) is 3.11. The Morgan fingerprint density at radius 1 is 1.30 bits per heavy atom. The Balaban J connectivity index is 2.15. The number of anilines is 2. The van der Waals surface area contributed by atoms with Crippen molar-refractivity contribution in [2.75, 3.05) is 10.0 Å². The first-order valence-corrected chi connectivity index (χ1v) is 9.10. The number of amides is 1. The summed E-state index contributed by atoms with van der Waals surface area (Å²) in [5.41, 5.74) is -0.00255. The van der Waals surface area contributed by atoms with Gasteiger partial charge in [0.25, 0.3) is 0 Å². The molecule has 0 saturated heterocycles. The van der Waals surface area contributed by atoms with Crippen molar-refractivity contribution in [2.24, 2.45) is 0 Å². The molecule has 1 aromatic rings. The molecule has 23 heavy (non-hydrogen) atoms. The van der Waals surface area contributed by atoms with Crippen molar-refractivity contribution < 1.29 is 17.9 Å². The standard InChI is InChI=1S/C15H21ClN2O4S/c1-14(2,3)22-13(19)17-10-5-6-11(16)12(9-10)18-23(20,21)15(4)7-8-15/h5-6,9,18H,7-8H2,1-4H3,(H,17,19). The molecule has 0 bridgehead atoms. The van der Waals surface area contributed by atoms with E-state index in [0.29, 0.717) is 18.5 Å². The molecular weight excluding hydrogens is 340 g/mol. The number of benzene rings is 1. The molecule has 0 spiro atoms. The smallest absolute Gasteiger partial charge is 0.412 e. The first-order chi connectivity index (χ1) is 10.4. The Kier molecular flexibility index (Phi) is 4.56. The Bertz CT molecular complexity index is 721. The van der Waals surface area contributed by atoms with Crippen LogP contribution in [0.4, 0.5) is 16.2 Å². The Morgan fingerprint density at radius 2 is 1.91 bits per heavy atom. The van der Waals surface area contributed by atoms with Gasteiger partial charge in [0.2, 0.25) is 10.0 Å². The number of carbonyl (C=O) groups excluding carboxylic acids is 1. The molecule has 2 rings (SSSR count). The number of sulfonamides is 1. The van der Waals surface area contributed by atoms with Crippen LogP contribution in [0, 0.1) is 0 Å². The van der Waals surface area contributed by atoms with E-state index in [2.05, 4.69) is 10.0 Å². The number of hydrogen-bond acceptors (Lipinski definition) is 4. The van der Waals surface area contributed by atoms with E-state index in [-0.39, 0.29) is 10.7 Å². The molecule has 0 radical (unpaired) electrons. The van der Waals surface area contributed by atoms with Crippen LogP contribution in [0.25, 0.3) is 0 Å². The second-order valence-corrected chi connectivity index (χ2v) is 9.48. The van der Waals surface area contributed by atoms with Crippen LogP contribution in [0.5, 0.6) is 0 Å². The molecular formula is C15H21ClN2O4S. The second kappa shape index (κ2) is 5.87. The van der Waals surface area contributed by atoms with Crippen molar-refractivity contribution in [3.8, 4) is 0 Å². The highest BCUT2D eigenvalue weighted by molar-refractivity contribution is 7.94. The van der Waals surface area contributed by atoms with Crippen molar-refractivity contribution >= 4 is 39.1 Å². The molecule has 1 saturated carbocycles. The summed E-state index contributed by atoms with van der Waals surface area (Å²) >= 11 is 6.04. The highest BCUT2D eigenvalue weighted by atomic mass is 35.5. The SMILES string of the molecule is CC(C)(C)OC(=O)Nc1ccc(Cl)c(NS(=O)(=O)C2(C)CC2)c1. The monoisotopic (exact) mass is 360 g/mol. The zero-order valence-electron chi connectivity index (χ0n) is 13.6. The van der Waals surface area contributed by atoms with Gasteiger partial charge in [0, 0.05) is 5.69 Å². The molecule has 0 aromatic heterocycles. The number of rotatable bonds is 4. The summed E-state index contributed by atoms with van der Waals surface area (Å²) in [6.07, 6.45) is 0.619. The van der Waals surface area contributed by atoms with E-state index < -0.39 is 26.5 Å². The van der Waals surface area contributed by atoms with E-state index in [1.807, 2.05) is 0 Å². The third-order valence-electron chi connectivity index (χ3n) is 3.46. The summed E-state index contributed by atoms with van der Waals surface area (Å²) in [4.78, 5) is 11.8. The normalized spacial score (nSPS) is 16.6. The summed E-state index contributed by atoms with van der Waals surface area (Å²) in [6.45, 7) is 6.95. The molecule has 0 heterocycles. The van der Waals surface area contributed by atoms with E-state index in [9.17, 15) is 13.2 Å². The quantitative estimate of drug-likeness (QED) is 0.850. The molecule has 128 valence electrons. The van der Waals surface area contributed by atoms with Gasteiger partial charge in [-0.25, -0.2) is 13.2 Å². The van der Waals surface area contributed by atoms with Crippen LogP contribution < -0.4 is 10.0 Å². The summed E-state index contributed by atoms with van der Waals surface area (Å²) in [7, 11) is -3.51. The Morgan fingerprint density at radius 3 is 2.43 bits per heavy atom. The summed E-state index contributed by atoms with van der Waals surface area (Å²) in [5, 5.41) is 2.81. The maximum absolute atomic E-state index is 12.3. The van der Waals surface area contributed by atoms with Crippen LogP contribution in [0.2, 0.25) is 5.02 Å². The summed E-state index contributed by atoms with van der Waals surface area (Å²) < 4.78 is 31.5. The van der Waals surface area contributed by atoms with Crippen LogP contribution >= 0.6 is 11.6 Å². The van der Waals surface area contributed by atoms with E-state index in [1.165, 1.54) is 12.1 Å². The van der Waals surface area contributed by atoms with Gasteiger partial charge in [-0.2, -0.15) is 0 Å². The zero-order chi connectivity index (χ0) is 17.5. The Labute approximate surface area is 141 Å². The van der Waals surface area contributed by atoms with Crippen molar-refractivity contribution in [3.05, 3.63) is 23.2 Å². The highest BCUT2D eigenvalue weighted by Gasteiger charge is 2.50. The molecule has 6 nitrogen and oxygen atoms in total. The average molecular weight is 361 g/mol. The van der Waals surface area contributed by atoms with E-state index in [1.54, 1.807) is 33.8 Å². The van der Waals surface area contributed by atoms with Gasteiger partial charge in [0.15, 0.2) is 0 Å². The number of carbonyl (C=O) groups is 1. The number of nitrogens with one attached hydrogen (secondary N) is 2. The lowest BCUT2D eigenvalue weighted by molar-refractivity contribution is 0.0636. The lowest BCUT2D eigenvalue weighted by Gasteiger charge is -2.20. The lowest BCUT2D eigenvalue weighted by atomic mass is 10.2. The molecule has 1 aliphatic carbocycles. The molecule has 2 N–H and O–H groups in total. The van der Waals surface area contributed by atoms with Gasteiger partial charge in [0.05, 0.1) is 15.5 Å². The molecule has 0 unspecified atom stereocenters. The number of halogens is 1. The van der Waals surface area contributed by atoms with Gasteiger partial charge in [-0.15, -0.1) is 0 Å². The van der Waals surface area contributed by atoms with Crippen LogP contribution in [-0.2, 0) is 14.8 Å². The minimum absolute atomic E-state index is 0.230. The summed E-state index contributed by atoms with van der Waals surface area (Å²) in [5.74, 6) is 0. The topological polar surface area (TPSA) is 84.5 Å². The summed E-state index contributed by atoms with van der Waals surface area (Å²) in [6, 6.07) is 4.56. The van der Waals surface area contributed by atoms with Gasteiger partial charge in [-0.3, -0.25) is 10.0 Å². The van der Waals surface area contributed by atoms with Crippen molar-refractivity contribution in [2.45, 2.75) is 50.9 Å². The molecule has 0 aliphatic heterocycles. The minimum atomic E-state index is -3.51. The van der Waals surface area contributed by atoms with E-state index in [0.717, 1.165) is 0 Å². The molecule has 1 aliphatic rings. The first-order valence-electron chi connectivity index (χ1n) is 7.24. The maximum atomic E-state index is 12.3. The first kappa shape index (κ1) is 17.9. The van der Waals surface area contributed by atoms with Gasteiger partial charge < -0.3 is 4.74 Å².